The molecule has 4 N–H and O–H groups in total. The molecule has 41 heavy (non-hydrogen) atoms. The van der Waals surface area contributed by atoms with E-state index in [1.807, 2.05) is 0 Å². The molecule has 2 aromatic carbocycles. The first-order valence-electron chi connectivity index (χ1n) is 11.7. The van der Waals surface area contributed by atoms with Crippen molar-refractivity contribution in [3.05, 3.63) is 70.8 Å². The van der Waals surface area contributed by atoms with E-state index in [4.69, 9.17) is 10.5 Å². The van der Waals surface area contributed by atoms with Crippen LogP contribution in [0.1, 0.15) is 48.1 Å². The number of amides is 1. The fraction of sp³-hybridized carbons (Fsp3) is 0.458. The van der Waals surface area contributed by atoms with Crippen molar-refractivity contribution in [2.45, 2.75) is 54.8 Å². The average Bonchev–Trinajstić information content (AvgIpc) is 2.86. The van der Waals surface area contributed by atoms with Gasteiger partial charge in [-0.2, -0.15) is 44.2 Å². The van der Waals surface area contributed by atoms with E-state index in [1.54, 1.807) is 30.3 Å². The van der Waals surface area contributed by atoms with Crippen LogP contribution in [0.15, 0.2) is 48.5 Å². The molecule has 1 aliphatic heterocycles. The molecule has 1 saturated heterocycles. The highest BCUT2D eigenvalue weighted by atomic mass is 32.2. The number of ether oxygens (including phenoxy) is 1. The van der Waals surface area contributed by atoms with Crippen LogP contribution in [0.3, 0.4) is 0 Å². The number of primary amides is 1. The van der Waals surface area contributed by atoms with E-state index in [0.29, 0.717) is 17.7 Å². The van der Waals surface area contributed by atoms with Gasteiger partial charge in [0.2, 0.25) is 5.91 Å². The van der Waals surface area contributed by atoms with E-state index in [9.17, 15) is 52.7 Å². The number of alkyl halides is 9. The summed E-state index contributed by atoms with van der Waals surface area (Å²) in [6.45, 7) is 0.0189. The summed E-state index contributed by atoms with van der Waals surface area (Å²) >= 11 is 0. The van der Waals surface area contributed by atoms with Crippen molar-refractivity contribution in [3.63, 3.8) is 0 Å². The van der Waals surface area contributed by atoms with Gasteiger partial charge in [-0.15, -0.1) is 0 Å². The van der Waals surface area contributed by atoms with Crippen LogP contribution in [0, 0.1) is 0 Å². The summed E-state index contributed by atoms with van der Waals surface area (Å²) in [6.07, 6.45) is -12.4. The lowest BCUT2D eigenvalue weighted by Crippen LogP contribution is -2.70. The van der Waals surface area contributed by atoms with Gasteiger partial charge in [0.15, 0.2) is 0 Å². The standard InChI is InChI=1S/C24H24F9N3O4S/c1-14(15-9-17(22(25,26)27)11-18(10-15)23(28,29)30)40-13-21(16-5-3-2-4-6-16)8-7-20(12-35-21,19(34)37)36-41(38,39)24(31,32)33/h2-6,9-11,14,35-36H,7-8,12-13H2,1H3,(H2,34,37)/t14?,20-,21+/m0/s1. The lowest BCUT2D eigenvalue weighted by Gasteiger charge is -2.46. The smallest absolute Gasteiger partial charge is 0.372 e. The zero-order valence-corrected chi connectivity index (χ0v) is 21.9. The van der Waals surface area contributed by atoms with Crippen LogP contribution in [0.5, 0.6) is 0 Å². The molecule has 0 saturated carbocycles. The first kappa shape index (κ1) is 32.6. The van der Waals surface area contributed by atoms with Gasteiger partial charge in [0.25, 0.3) is 0 Å². The number of carbonyl (C=O) groups is 1. The van der Waals surface area contributed by atoms with Gasteiger partial charge in [-0.25, -0.2) is 8.42 Å². The van der Waals surface area contributed by atoms with E-state index in [-0.39, 0.29) is 12.5 Å². The molecule has 0 aromatic heterocycles. The molecule has 0 radical (unpaired) electrons. The lowest BCUT2D eigenvalue weighted by molar-refractivity contribution is -0.143. The van der Waals surface area contributed by atoms with Gasteiger partial charge in [-0.3, -0.25) is 4.79 Å². The Bertz CT molecular complexity index is 1320. The Morgan fingerprint density at radius 3 is 1.93 bits per heavy atom. The highest BCUT2D eigenvalue weighted by Gasteiger charge is 2.55. The predicted octanol–water partition coefficient (Wildman–Crippen LogP) is 4.74. The van der Waals surface area contributed by atoms with E-state index in [2.05, 4.69) is 5.32 Å². The van der Waals surface area contributed by atoms with Crippen LogP contribution >= 0.6 is 0 Å². The second-order valence-corrected chi connectivity index (χ2v) is 11.3. The normalized spacial score (nSPS) is 23.3. The fourth-order valence-electron chi connectivity index (χ4n) is 4.37. The van der Waals surface area contributed by atoms with Crippen LogP contribution in [-0.2, 0) is 37.4 Å². The van der Waals surface area contributed by atoms with Crippen molar-refractivity contribution in [1.29, 1.82) is 0 Å². The number of benzene rings is 2. The summed E-state index contributed by atoms with van der Waals surface area (Å²) < 4.78 is 150. The van der Waals surface area contributed by atoms with Crippen molar-refractivity contribution in [3.8, 4) is 0 Å². The summed E-state index contributed by atoms with van der Waals surface area (Å²) in [5.41, 5.74) is -7.32. The van der Waals surface area contributed by atoms with Gasteiger partial charge in [0.05, 0.1) is 29.4 Å². The van der Waals surface area contributed by atoms with Crippen LogP contribution in [0.25, 0.3) is 0 Å². The molecule has 1 unspecified atom stereocenters. The Morgan fingerprint density at radius 2 is 1.51 bits per heavy atom. The minimum absolute atomic E-state index is 0.0320. The Balaban J connectivity index is 1.93. The molecule has 2 aromatic rings. The molecule has 1 heterocycles. The molecule has 0 aliphatic carbocycles. The fourth-order valence-corrected chi connectivity index (χ4v) is 5.28. The summed E-state index contributed by atoms with van der Waals surface area (Å²) in [5, 5.41) is 2.79. The molecule has 3 rings (SSSR count). The zero-order valence-electron chi connectivity index (χ0n) is 21.0. The van der Waals surface area contributed by atoms with Gasteiger partial charge >= 0.3 is 27.9 Å². The first-order chi connectivity index (χ1) is 18.6. The molecule has 228 valence electrons. The second-order valence-electron chi connectivity index (χ2n) is 9.59. The SMILES string of the molecule is CC(OC[C@@]1(c2ccccc2)CC[C@@](NS(=O)(=O)C(F)(F)F)(C(N)=O)CN1)c1cc(C(F)(F)F)cc(C(F)(F)F)c1. The Kier molecular flexibility index (Phi) is 8.81. The first-order valence-corrected chi connectivity index (χ1v) is 13.2. The van der Waals surface area contributed by atoms with E-state index in [1.165, 1.54) is 11.6 Å². The van der Waals surface area contributed by atoms with Gasteiger partial charge in [-0.1, -0.05) is 30.3 Å². The predicted molar refractivity (Wildman–Crippen MR) is 126 cm³/mol. The van der Waals surface area contributed by atoms with E-state index >= 15 is 0 Å². The summed E-state index contributed by atoms with van der Waals surface area (Å²) in [6, 6.07) is 8.88. The third-order valence-electron chi connectivity index (χ3n) is 6.80. The van der Waals surface area contributed by atoms with Crippen LogP contribution in [0.2, 0.25) is 0 Å². The highest BCUT2D eigenvalue weighted by Crippen LogP contribution is 2.40. The Morgan fingerprint density at radius 1 is 0.976 bits per heavy atom. The summed E-state index contributed by atoms with van der Waals surface area (Å²) in [4.78, 5) is 12.2. The molecule has 7 nitrogen and oxygen atoms in total. The topological polar surface area (TPSA) is 111 Å². The zero-order chi connectivity index (χ0) is 31.1. The minimum Gasteiger partial charge on any atom is -0.372 e. The summed E-state index contributed by atoms with van der Waals surface area (Å²) in [5.74, 6) is -1.41. The van der Waals surface area contributed by atoms with E-state index < -0.39 is 87.2 Å². The molecular formula is C24H24F9N3O4S. The summed E-state index contributed by atoms with van der Waals surface area (Å²) in [7, 11) is -6.00. The van der Waals surface area contributed by atoms with Crippen LogP contribution < -0.4 is 15.8 Å². The lowest BCUT2D eigenvalue weighted by atomic mass is 9.76. The van der Waals surface area contributed by atoms with Crippen molar-refractivity contribution >= 4 is 15.9 Å². The number of nitrogens with two attached hydrogens (primary N) is 1. The highest BCUT2D eigenvalue weighted by molar-refractivity contribution is 7.90. The number of sulfonamides is 1. The monoisotopic (exact) mass is 621 g/mol. The second kappa shape index (κ2) is 11.1. The molecule has 3 atom stereocenters. The van der Waals surface area contributed by atoms with Crippen molar-refractivity contribution in [1.82, 2.24) is 10.0 Å². The Labute approximate surface area is 228 Å². The largest absolute Gasteiger partial charge is 0.511 e. The van der Waals surface area contributed by atoms with Crippen molar-refractivity contribution in [2.75, 3.05) is 13.2 Å². The number of hydrogen-bond donors (Lipinski definition) is 3. The molecule has 1 fully saturated rings. The molecule has 1 aliphatic rings. The number of halogens is 9. The molecule has 0 bridgehead atoms. The van der Waals surface area contributed by atoms with Gasteiger partial charge in [-0.05, 0) is 49.1 Å². The van der Waals surface area contributed by atoms with E-state index in [0.717, 1.165) is 0 Å². The number of piperidine rings is 1. The van der Waals surface area contributed by atoms with Gasteiger partial charge < -0.3 is 15.8 Å². The molecule has 17 heteroatoms. The van der Waals surface area contributed by atoms with Crippen molar-refractivity contribution in [2.24, 2.45) is 5.73 Å². The molecular weight excluding hydrogens is 597 g/mol. The third-order valence-corrected chi connectivity index (χ3v) is 8.07. The Hall–Kier alpha value is -2.89. The minimum atomic E-state index is -6.00. The maximum atomic E-state index is 13.3. The maximum absolute atomic E-state index is 13.3. The number of hydrogen-bond acceptors (Lipinski definition) is 5. The van der Waals surface area contributed by atoms with Gasteiger partial charge in [0.1, 0.15) is 5.54 Å². The number of carbonyl (C=O) groups excluding carboxylic acids is 1. The van der Waals surface area contributed by atoms with Crippen LogP contribution in [-0.4, -0.2) is 38.5 Å². The van der Waals surface area contributed by atoms with Crippen molar-refractivity contribution < 1.29 is 57.5 Å². The quantitative estimate of drug-likeness (QED) is 0.369. The maximum Gasteiger partial charge on any atom is 0.511 e. The number of rotatable bonds is 8. The molecule has 0 spiro atoms. The number of nitrogens with one attached hydrogen (secondary N) is 2. The average molecular weight is 622 g/mol. The van der Waals surface area contributed by atoms with Gasteiger partial charge in [0, 0.05) is 6.54 Å². The van der Waals surface area contributed by atoms with Crippen LogP contribution in [0.4, 0.5) is 39.5 Å². The molecule has 1 amide bonds. The third kappa shape index (κ3) is 7.13.